The molecule has 2 rings (SSSR count). The second kappa shape index (κ2) is 11.4. The van der Waals surface area contributed by atoms with Gasteiger partial charge >= 0.3 is 6.09 Å². The van der Waals surface area contributed by atoms with Crippen molar-refractivity contribution in [1.29, 1.82) is 0 Å². The van der Waals surface area contributed by atoms with E-state index >= 15 is 0 Å². The smallest absolute Gasteiger partial charge is 0.408 e. The first-order chi connectivity index (χ1) is 13.1. The Morgan fingerprint density at radius 2 is 2.00 bits per heavy atom. The summed E-state index contributed by atoms with van der Waals surface area (Å²) >= 11 is 1.87. The van der Waals surface area contributed by atoms with Gasteiger partial charge in [0.15, 0.2) is 5.96 Å². The van der Waals surface area contributed by atoms with Crippen molar-refractivity contribution in [3.63, 3.8) is 0 Å². The van der Waals surface area contributed by atoms with Gasteiger partial charge in [0.2, 0.25) is 0 Å². The molecule has 0 atom stereocenters. The number of nitrogens with one attached hydrogen (secondary N) is 3. The minimum Gasteiger partial charge on any atom is -0.444 e. The molecular formula is C20H36IN5O2S. The van der Waals surface area contributed by atoms with E-state index in [-0.39, 0.29) is 24.0 Å². The Morgan fingerprint density at radius 1 is 1.28 bits per heavy atom. The minimum absolute atomic E-state index is 0. The van der Waals surface area contributed by atoms with E-state index in [4.69, 9.17) is 4.74 Å². The molecule has 0 aliphatic carbocycles. The number of amides is 1. The number of ether oxygens (including phenoxy) is 1. The summed E-state index contributed by atoms with van der Waals surface area (Å²) in [6, 6.07) is 2.24. The number of rotatable bonds is 6. The van der Waals surface area contributed by atoms with Gasteiger partial charge in [-0.2, -0.15) is 0 Å². The van der Waals surface area contributed by atoms with Crippen LogP contribution in [0.4, 0.5) is 4.79 Å². The Labute approximate surface area is 196 Å². The largest absolute Gasteiger partial charge is 0.444 e. The molecule has 0 aromatic carbocycles. The summed E-state index contributed by atoms with van der Waals surface area (Å²) < 4.78 is 5.33. The number of halogens is 1. The van der Waals surface area contributed by atoms with Crippen molar-refractivity contribution in [2.45, 2.75) is 58.7 Å². The Kier molecular flexibility index (Phi) is 10.2. The van der Waals surface area contributed by atoms with Gasteiger partial charge in [0.05, 0.1) is 5.54 Å². The number of hydrogen-bond donors (Lipinski definition) is 3. The van der Waals surface area contributed by atoms with E-state index in [1.54, 1.807) is 7.05 Å². The van der Waals surface area contributed by atoms with Crippen molar-refractivity contribution >= 4 is 47.4 Å². The molecule has 9 heteroatoms. The van der Waals surface area contributed by atoms with Gasteiger partial charge in [0.1, 0.15) is 5.60 Å². The lowest BCUT2D eigenvalue weighted by Crippen LogP contribution is -2.54. The van der Waals surface area contributed by atoms with Crippen molar-refractivity contribution in [3.8, 4) is 0 Å². The van der Waals surface area contributed by atoms with Crippen LogP contribution in [0.25, 0.3) is 0 Å². The number of aliphatic imine (C=N–C) groups is 1. The van der Waals surface area contributed by atoms with E-state index in [1.165, 1.54) is 10.4 Å². The fraction of sp³-hybridized carbons (Fsp3) is 0.700. The molecule has 0 unspecified atom stereocenters. The van der Waals surface area contributed by atoms with Crippen LogP contribution in [0.5, 0.6) is 0 Å². The molecule has 0 fully saturated rings. The molecule has 1 amide bonds. The summed E-state index contributed by atoms with van der Waals surface area (Å²) in [5, 5.41) is 11.7. The number of thiophene rings is 1. The number of carbonyl (C=O) groups is 1. The van der Waals surface area contributed by atoms with Crippen molar-refractivity contribution in [1.82, 2.24) is 20.9 Å². The molecule has 2 heterocycles. The lowest BCUT2D eigenvalue weighted by Gasteiger charge is -2.30. The molecule has 0 bridgehead atoms. The number of nitrogens with zero attached hydrogens (tertiary/aromatic N) is 2. The van der Waals surface area contributed by atoms with Gasteiger partial charge in [-0.25, -0.2) is 4.79 Å². The van der Waals surface area contributed by atoms with Crippen LogP contribution < -0.4 is 16.0 Å². The van der Waals surface area contributed by atoms with E-state index in [9.17, 15) is 4.79 Å². The maximum absolute atomic E-state index is 12.0. The molecule has 0 spiro atoms. The zero-order chi connectivity index (χ0) is 20.8. The van der Waals surface area contributed by atoms with Crippen molar-refractivity contribution < 1.29 is 9.53 Å². The summed E-state index contributed by atoms with van der Waals surface area (Å²) in [6.07, 6.45) is 0.727. The third-order valence-electron chi connectivity index (χ3n) is 4.37. The molecule has 1 aromatic heterocycles. The highest BCUT2D eigenvalue weighted by molar-refractivity contribution is 14.0. The normalized spacial score (nSPS) is 15.2. The standard InChI is InChI=1S/C20H35N5O2S.HI/c1-19(2,3)27-18(26)24-20(4,5)14-23-17(21-6)22-9-11-25-10-7-16-15(13-25)8-12-28-16;/h8,12H,7,9-11,13-14H2,1-6H3,(H,24,26)(H2,21,22,23);1H. The highest BCUT2D eigenvalue weighted by atomic mass is 127. The van der Waals surface area contributed by atoms with E-state index in [2.05, 4.69) is 37.3 Å². The Hall–Kier alpha value is -1.07. The van der Waals surface area contributed by atoms with E-state index in [0.717, 1.165) is 38.6 Å². The zero-order valence-corrected chi connectivity index (χ0v) is 21.6. The first-order valence-corrected chi connectivity index (χ1v) is 10.7. The highest BCUT2D eigenvalue weighted by Crippen LogP contribution is 2.23. The van der Waals surface area contributed by atoms with Gasteiger partial charge in [-0.3, -0.25) is 9.89 Å². The van der Waals surface area contributed by atoms with Crippen LogP contribution in [-0.2, 0) is 17.7 Å². The van der Waals surface area contributed by atoms with Crippen LogP contribution in [0.2, 0.25) is 0 Å². The van der Waals surface area contributed by atoms with Gasteiger partial charge in [-0.15, -0.1) is 35.3 Å². The summed E-state index contributed by atoms with van der Waals surface area (Å²) in [5.74, 6) is 0.729. The second-order valence-corrected chi connectivity index (χ2v) is 9.76. The number of hydrogen-bond acceptors (Lipinski definition) is 5. The topological polar surface area (TPSA) is 78.0 Å². The lowest BCUT2D eigenvalue weighted by molar-refractivity contribution is 0.0474. The van der Waals surface area contributed by atoms with Gasteiger partial charge in [0, 0.05) is 44.6 Å². The molecule has 0 saturated carbocycles. The number of alkyl carbamates (subject to hydrolysis) is 1. The van der Waals surface area contributed by atoms with Crippen molar-refractivity contribution in [3.05, 3.63) is 21.9 Å². The molecule has 1 aliphatic heterocycles. The Balaban J connectivity index is 0.00000420. The zero-order valence-electron chi connectivity index (χ0n) is 18.4. The van der Waals surface area contributed by atoms with Crippen molar-refractivity contribution in [2.75, 3.05) is 33.2 Å². The van der Waals surface area contributed by atoms with Crippen LogP contribution >= 0.6 is 35.3 Å². The maximum Gasteiger partial charge on any atom is 0.408 e. The van der Waals surface area contributed by atoms with Crippen LogP contribution in [-0.4, -0.2) is 61.3 Å². The predicted octanol–water partition coefficient (Wildman–Crippen LogP) is 3.19. The van der Waals surface area contributed by atoms with Crippen LogP contribution in [0, 0.1) is 0 Å². The van der Waals surface area contributed by atoms with Crippen LogP contribution in [0.15, 0.2) is 16.4 Å². The van der Waals surface area contributed by atoms with E-state index < -0.39 is 17.2 Å². The summed E-state index contributed by atoms with van der Waals surface area (Å²) in [6.45, 7) is 13.9. The van der Waals surface area contributed by atoms with E-state index in [0.29, 0.717) is 6.54 Å². The highest BCUT2D eigenvalue weighted by Gasteiger charge is 2.25. The Morgan fingerprint density at radius 3 is 2.66 bits per heavy atom. The minimum atomic E-state index is -0.510. The maximum atomic E-state index is 12.0. The third-order valence-corrected chi connectivity index (χ3v) is 5.39. The molecule has 0 radical (unpaired) electrons. The quantitative estimate of drug-likeness (QED) is 0.295. The molecule has 29 heavy (non-hydrogen) atoms. The number of fused-ring (bicyclic) bond motifs is 1. The van der Waals surface area contributed by atoms with Gasteiger partial charge in [-0.1, -0.05) is 0 Å². The Bertz CT molecular complexity index is 685. The van der Waals surface area contributed by atoms with Gasteiger partial charge in [0.25, 0.3) is 0 Å². The van der Waals surface area contributed by atoms with Gasteiger partial charge in [-0.05, 0) is 58.0 Å². The lowest BCUT2D eigenvalue weighted by atomic mass is 10.1. The fourth-order valence-electron chi connectivity index (χ4n) is 2.98. The average molecular weight is 538 g/mol. The molecule has 7 nitrogen and oxygen atoms in total. The fourth-order valence-corrected chi connectivity index (χ4v) is 3.87. The van der Waals surface area contributed by atoms with E-state index in [1.807, 2.05) is 46.0 Å². The molecule has 1 aromatic rings. The summed E-state index contributed by atoms with van der Waals surface area (Å²) in [7, 11) is 1.75. The molecule has 3 N–H and O–H groups in total. The SMILES string of the molecule is CN=C(NCCN1CCc2sccc2C1)NCC(C)(C)NC(=O)OC(C)(C)C.I. The van der Waals surface area contributed by atoms with Gasteiger partial charge < -0.3 is 20.7 Å². The molecule has 0 saturated heterocycles. The number of carbonyl (C=O) groups excluding carboxylic acids is 1. The molecule has 166 valence electrons. The molecular weight excluding hydrogens is 501 g/mol. The first-order valence-electron chi connectivity index (χ1n) is 9.81. The third kappa shape index (κ3) is 9.52. The van der Waals surface area contributed by atoms with Crippen molar-refractivity contribution in [2.24, 2.45) is 4.99 Å². The summed E-state index contributed by atoms with van der Waals surface area (Å²) in [5.41, 5.74) is 0.486. The first kappa shape index (κ1) is 26.0. The average Bonchev–Trinajstić information content (AvgIpc) is 3.03. The van der Waals surface area contributed by atoms with Crippen LogP contribution in [0.1, 0.15) is 45.1 Å². The molecule has 1 aliphatic rings. The second-order valence-electron chi connectivity index (χ2n) is 8.76. The number of guanidine groups is 1. The predicted molar refractivity (Wildman–Crippen MR) is 132 cm³/mol. The van der Waals surface area contributed by atoms with Crippen LogP contribution in [0.3, 0.4) is 0 Å². The summed E-state index contributed by atoms with van der Waals surface area (Å²) in [4.78, 5) is 20.3. The monoisotopic (exact) mass is 537 g/mol.